The molecule has 0 amide bonds. The van der Waals surface area contributed by atoms with Crippen molar-refractivity contribution in [3.05, 3.63) is 60.7 Å². The summed E-state index contributed by atoms with van der Waals surface area (Å²) in [6.07, 6.45) is 8.81. The Morgan fingerprint density at radius 1 is 0.417 bits per heavy atom. The normalized spacial score (nSPS) is 16.8. The van der Waals surface area contributed by atoms with E-state index in [1.165, 1.54) is 72.7 Å². The van der Waals surface area contributed by atoms with Crippen molar-refractivity contribution >= 4 is 23.5 Å². The minimum Gasteiger partial charge on any atom is -0.162 e. The van der Waals surface area contributed by atoms with Crippen molar-refractivity contribution in [1.82, 2.24) is 0 Å². The fraction of sp³-hybridized carbons (Fsp3) is 0.455. The number of hydrogen-bond donors (Lipinski definition) is 0. The molecular weight excluding hydrogens is 328 g/mol. The van der Waals surface area contributed by atoms with Crippen molar-refractivity contribution in [1.29, 1.82) is 0 Å². The van der Waals surface area contributed by atoms with Gasteiger partial charge in [0, 0.05) is 0 Å². The van der Waals surface area contributed by atoms with E-state index in [1.807, 2.05) is 12.1 Å². The van der Waals surface area contributed by atoms with Crippen molar-refractivity contribution < 1.29 is 0 Å². The van der Waals surface area contributed by atoms with Crippen LogP contribution in [0.1, 0.15) is 38.5 Å². The van der Waals surface area contributed by atoms with E-state index < -0.39 is 0 Å². The van der Waals surface area contributed by atoms with Crippen molar-refractivity contribution in [3.8, 4) is 11.1 Å². The highest BCUT2D eigenvalue weighted by molar-refractivity contribution is 7.99. The summed E-state index contributed by atoms with van der Waals surface area (Å²) in [6.45, 7) is 0. The molecule has 0 unspecified atom stereocenters. The molecule has 0 nitrogen and oxygen atoms in total. The first-order chi connectivity index (χ1) is 12.0. The molecule has 24 heavy (non-hydrogen) atoms. The van der Waals surface area contributed by atoms with Crippen LogP contribution in [0.5, 0.6) is 0 Å². The molecule has 2 aromatic rings. The number of thioether (sulfide) groups is 2. The zero-order valence-electron chi connectivity index (χ0n) is 14.7. The summed E-state index contributed by atoms with van der Waals surface area (Å²) < 4.78 is 0. The highest BCUT2D eigenvalue weighted by atomic mass is 32.2. The van der Waals surface area contributed by atoms with Crippen LogP contribution in [0.2, 0.25) is 0 Å². The third kappa shape index (κ3) is 8.84. The highest BCUT2D eigenvalue weighted by Gasteiger charge is 1.96. The predicted molar refractivity (Wildman–Crippen MR) is 114 cm³/mol. The van der Waals surface area contributed by atoms with E-state index in [1.54, 1.807) is 0 Å². The summed E-state index contributed by atoms with van der Waals surface area (Å²) in [5, 5.41) is 0. The Bertz CT molecular complexity index is 429. The summed E-state index contributed by atoms with van der Waals surface area (Å²) in [5.41, 5.74) is 2.55. The molecule has 0 spiro atoms. The first kappa shape index (κ1) is 19.5. The molecule has 0 N–H and O–H groups in total. The smallest absolute Gasteiger partial charge is 0.00675 e. The lowest BCUT2D eigenvalue weighted by atomic mass is 10.1. The average Bonchev–Trinajstić information content (AvgIpc) is 2.73. The van der Waals surface area contributed by atoms with Gasteiger partial charge in [0.2, 0.25) is 0 Å². The van der Waals surface area contributed by atoms with E-state index in [4.69, 9.17) is 0 Å². The van der Waals surface area contributed by atoms with Crippen molar-refractivity contribution in [2.45, 2.75) is 38.5 Å². The summed E-state index contributed by atoms with van der Waals surface area (Å²) in [5.74, 6) is 5.67. The minimum atomic E-state index is 1.28. The van der Waals surface area contributed by atoms with E-state index >= 15 is 0 Å². The topological polar surface area (TPSA) is 0 Å². The Balaban J connectivity index is 0.000000146. The van der Waals surface area contributed by atoms with Gasteiger partial charge in [-0.15, -0.1) is 0 Å². The molecular formula is C22H30S2. The standard InChI is InChI=1S/C12H10.2C5H10S/c1-3-7-11(8-4-1)12-9-5-2-6-10-12;2*1-2-4-6-5-3-1/h1-10H;2*1-5H2. The highest BCUT2D eigenvalue weighted by Crippen LogP contribution is 2.17. The second kappa shape index (κ2) is 13.4. The third-order valence-corrected chi connectivity index (χ3v) is 6.35. The Labute approximate surface area is 156 Å². The van der Waals surface area contributed by atoms with Crippen LogP contribution in [0.4, 0.5) is 0 Å². The molecule has 0 bridgehead atoms. The maximum absolute atomic E-state index is 2.12. The minimum absolute atomic E-state index is 1.28. The van der Waals surface area contributed by atoms with E-state index in [9.17, 15) is 0 Å². The molecule has 2 fully saturated rings. The van der Waals surface area contributed by atoms with Gasteiger partial charge in [-0.25, -0.2) is 0 Å². The SMILES string of the molecule is C1CCSCC1.C1CCSCC1.c1ccc(-c2ccccc2)cc1. The largest absolute Gasteiger partial charge is 0.162 e. The number of benzene rings is 2. The van der Waals surface area contributed by atoms with E-state index in [2.05, 4.69) is 72.1 Å². The fourth-order valence-corrected chi connectivity index (χ4v) is 4.68. The van der Waals surface area contributed by atoms with E-state index in [0.29, 0.717) is 0 Å². The quantitative estimate of drug-likeness (QED) is 0.530. The van der Waals surface area contributed by atoms with Gasteiger partial charge < -0.3 is 0 Å². The summed E-state index contributed by atoms with van der Waals surface area (Å²) >= 11 is 4.19. The molecule has 4 rings (SSSR count). The Hall–Kier alpha value is -0.860. The van der Waals surface area contributed by atoms with E-state index in [0.717, 1.165) is 0 Å². The molecule has 2 aliphatic heterocycles. The van der Waals surface area contributed by atoms with Crippen LogP contribution < -0.4 is 0 Å². The third-order valence-electron chi connectivity index (χ3n) is 4.04. The Morgan fingerprint density at radius 2 is 0.750 bits per heavy atom. The second-order valence-corrected chi connectivity index (χ2v) is 8.53. The monoisotopic (exact) mass is 358 g/mol. The lowest BCUT2D eigenvalue weighted by molar-refractivity contribution is 0.764. The number of rotatable bonds is 1. The lowest BCUT2D eigenvalue weighted by Gasteiger charge is -2.05. The van der Waals surface area contributed by atoms with Crippen molar-refractivity contribution in [2.75, 3.05) is 23.0 Å². The fourth-order valence-electron chi connectivity index (χ4n) is 2.64. The molecule has 2 heterocycles. The molecule has 0 atom stereocenters. The molecule has 0 saturated carbocycles. The van der Waals surface area contributed by atoms with Gasteiger partial charge in [0.15, 0.2) is 0 Å². The molecule has 0 radical (unpaired) electrons. The van der Waals surface area contributed by atoms with Crippen molar-refractivity contribution in [2.24, 2.45) is 0 Å². The van der Waals surface area contributed by atoms with Gasteiger partial charge in [0.25, 0.3) is 0 Å². The van der Waals surface area contributed by atoms with Gasteiger partial charge in [0.1, 0.15) is 0 Å². The Kier molecular flexibility index (Phi) is 10.9. The molecule has 0 aliphatic carbocycles. The Morgan fingerprint density at radius 3 is 0.958 bits per heavy atom. The first-order valence-electron chi connectivity index (χ1n) is 9.23. The molecule has 2 saturated heterocycles. The van der Waals surface area contributed by atoms with Gasteiger partial charge in [-0.05, 0) is 59.8 Å². The molecule has 2 aliphatic rings. The first-order valence-corrected chi connectivity index (χ1v) is 11.5. The van der Waals surface area contributed by atoms with Gasteiger partial charge in [-0.2, -0.15) is 23.5 Å². The lowest BCUT2D eigenvalue weighted by Crippen LogP contribution is -1.91. The van der Waals surface area contributed by atoms with E-state index in [-0.39, 0.29) is 0 Å². The summed E-state index contributed by atoms with van der Waals surface area (Å²) in [6, 6.07) is 20.8. The van der Waals surface area contributed by atoms with Crippen LogP contribution in [0.3, 0.4) is 0 Å². The van der Waals surface area contributed by atoms with Crippen LogP contribution in [0.15, 0.2) is 60.7 Å². The zero-order valence-corrected chi connectivity index (χ0v) is 16.3. The van der Waals surface area contributed by atoms with Crippen LogP contribution >= 0.6 is 23.5 Å². The molecule has 2 heteroatoms. The van der Waals surface area contributed by atoms with Crippen LogP contribution in [0.25, 0.3) is 11.1 Å². The molecule has 130 valence electrons. The zero-order chi connectivity index (χ0) is 16.7. The molecule has 2 aromatic carbocycles. The molecule has 0 aromatic heterocycles. The number of hydrogen-bond acceptors (Lipinski definition) is 2. The average molecular weight is 359 g/mol. The maximum atomic E-state index is 2.12. The van der Waals surface area contributed by atoms with Crippen LogP contribution in [-0.4, -0.2) is 23.0 Å². The predicted octanol–water partition coefficient (Wildman–Crippen LogP) is 7.16. The van der Waals surface area contributed by atoms with Gasteiger partial charge in [0.05, 0.1) is 0 Å². The summed E-state index contributed by atoms with van der Waals surface area (Å²) in [4.78, 5) is 0. The maximum Gasteiger partial charge on any atom is -0.00675 e. The van der Waals surface area contributed by atoms with Crippen LogP contribution in [0, 0.1) is 0 Å². The van der Waals surface area contributed by atoms with Gasteiger partial charge >= 0.3 is 0 Å². The van der Waals surface area contributed by atoms with Gasteiger partial charge in [-0.1, -0.05) is 73.5 Å². The summed E-state index contributed by atoms with van der Waals surface area (Å²) in [7, 11) is 0. The van der Waals surface area contributed by atoms with Crippen molar-refractivity contribution in [3.63, 3.8) is 0 Å². The van der Waals surface area contributed by atoms with Crippen LogP contribution in [-0.2, 0) is 0 Å². The van der Waals surface area contributed by atoms with Gasteiger partial charge in [-0.3, -0.25) is 0 Å². The second-order valence-electron chi connectivity index (χ2n) is 6.08.